The van der Waals surface area contributed by atoms with Gasteiger partial charge >= 0.3 is 5.97 Å². The van der Waals surface area contributed by atoms with Crippen LogP contribution in [0.15, 0.2) is 90.0 Å². The van der Waals surface area contributed by atoms with Crippen molar-refractivity contribution in [1.82, 2.24) is 4.57 Å². The lowest BCUT2D eigenvalue weighted by Crippen LogP contribution is -2.30. The maximum absolute atomic E-state index is 13.5. The average molecular weight is 479 g/mol. The Hall–Kier alpha value is -3.78. The monoisotopic (exact) mass is 478 g/mol. The average Bonchev–Trinajstić information content (AvgIpc) is 3.20. The van der Waals surface area contributed by atoms with Gasteiger partial charge in [0.2, 0.25) is 0 Å². The summed E-state index contributed by atoms with van der Waals surface area (Å²) in [6.45, 7) is 2.58. The Balaban J connectivity index is 1.77. The number of carbonyl (C=O) groups is 1. The zero-order valence-electron chi connectivity index (χ0n) is 18.8. The predicted octanol–water partition coefficient (Wildman–Crippen LogP) is 4.91. The summed E-state index contributed by atoms with van der Waals surface area (Å²) in [6, 6.07) is 23.5. The maximum Gasteiger partial charge on any atom is 0.305 e. The van der Waals surface area contributed by atoms with E-state index >= 15 is 0 Å². The lowest BCUT2D eigenvalue weighted by molar-refractivity contribution is -0.137. The van der Waals surface area contributed by atoms with Crippen molar-refractivity contribution in [2.45, 2.75) is 31.4 Å². The Bertz CT molecular complexity index is 1380. The molecule has 0 spiro atoms. The van der Waals surface area contributed by atoms with E-state index in [1.54, 1.807) is 48.0 Å². The van der Waals surface area contributed by atoms with Crippen LogP contribution in [0.1, 0.15) is 18.9 Å². The van der Waals surface area contributed by atoms with Crippen molar-refractivity contribution in [3.8, 4) is 5.75 Å². The molecular formula is C26H26N2O5S. The summed E-state index contributed by atoms with van der Waals surface area (Å²) >= 11 is 0. The van der Waals surface area contributed by atoms with Gasteiger partial charge in [0, 0.05) is 24.7 Å². The molecule has 0 unspecified atom stereocenters. The highest BCUT2D eigenvalue weighted by molar-refractivity contribution is 7.92. The molecule has 3 aromatic carbocycles. The zero-order chi connectivity index (χ0) is 24.1. The minimum Gasteiger partial charge on any atom is -0.489 e. The number of aliphatic carboxylic acids is 1. The molecule has 1 aromatic heterocycles. The molecule has 4 rings (SSSR count). The van der Waals surface area contributed by atoms with Gasteiger partial charge in [-0.3, -0.25) is 9.10 Å². The van der Waals surface area contributed by atoms with Crippen LogP contribution in [0.3, 0.4) is 0 Å². The van der Waals surface area contributed by atoms with Crippen LogP contribution in [0, 0.1) is 0 Å². The number of hydrogen-bond donors (Lipinski definition) is 1. The SMILES string of the molecule is CCN(c1cn(CCC(=O)O)c2ccc(OCc3ccccc3)cc12)S(=O)(=O)c1ccccc1. The number of nitrogens with zero attached hydrogens (tertiary/aromatic N) is 2. The summed E-state index contributed by atoms with van der Waals surface area (Å²) in [5, 5.41) is 9.85. The fraction of sp³-hybridized carbons (Fsp3) is 0.192. The quantitative estimate of drug-likeness (QED) is 0.350. The van der Waals surface area contributed by atoms with Crippen LogP contribution in [0.25, 0.3) is 10.9 Å². The Kier molecular flexibility index (Phi) is 6.88. The van der Waals surface area contributed by atoms with Gasteiger partial charge in [-0.1, -0.05) is 48.5 Å². The molecule has 0 saturated carbocycles. The van der Waals surface area contributed by atoms with Crippen LogP contribution in [-0.2, 0) is 28.0 Å². The normalized spacial score (nSPS) is 11.4. The first-order valence-corrected chi connectivity index (χ1v) is 12.4. The van der Waals surface area contributed by atoms with Crippen LogP contribution in [0.5, 0.6) is 5.75 Å². The summed E-state index contributed by atoms with van der Waals surface area (Å²) in [5.41, 5.74) is 2.24. The van der Waals surface area contributed by atoms with E-state index in [1.165, 1.54) is 4.31 Å². The third-order valence-corrected chi connectivity index (χ3v) is 7.44. The molecule has 0 aliphatic rings. The summed E-state index contributed by atoms with van der Waals surface area (Å²) in [6.07, 6.45) is 1.63. The first kappa shape index (κ1) is 23.4. The molecule has 4 aromatic rings. The Labute approximate surface area is 198 Å². The largest absolute Gasteiger partial charge is 0.489 e. The molecule has 0 amide bonds. The first-order chi connectivity index (χ1) is 16.4. The highest BCUT2D eigenvalue weighted by Gasteiger charge is 2.27. The number of carboxylic acid groups (broad SMARTS) is 1. The predicted molar refractivity (Wildman–Crippen MR) is 132 cm³/mol. The Morgan fingerprint density at radius 2 is 1.68 bits per heavy atom. The number of aromatic nitrogens is 1. The second kappa shape index (κ2) is 10.0. The fourth-order valence-corrected chi connectivity index (χ4v) is 5.38. The van der Waals surface area contributed by atoms with Crippen LogP contribution in [-0.4, -0.2) is 30.6 Å². The van der Waals surface area contributed by atoms with Gasteiger partial charge in [-0.25, -0.2) is 8.42 Å². The molecule has 176 valence electrons. The van der Waals surface area contributed by atoms with Crippen molar-refractivity contribution in [3.63, 3.8) is 0 Å². The molecule has 0 fully saturated rings. The smallest absolute Gasteiger partial charge is 0.305 e. The van der Waals surface area contributed by atoms with Gasteiger partial charge in [0.1, 0.15) is 12.4 Å². The number of benzene rings is 3. The van der Waals surface area contributed by atoms with Crippen molar-refractivity contribution < 1.29 is 23.1 Å². The lowest BCUT2D eigenvalue weighted by atomic mass is 10.2. The van der Waals surface area contributed by atoms with E-state index in [1.807, 2.05) is 48.5 Å². The molecule has 0 bridgehead atoms. The van der Waals surface area contributed by atoms with E-state index in [9.17, 15) is 13.2 Å². The third-order valence-electron chi connectivity index (χ3n) is 5.53. The molecular weight excluding hydrogens is 452 g/mol. The van der Waals surface area contributed by atoms with Crippen molar-refractivity contribution >= 4 is 32.6 Å². The number of rotatable bonds is 10. The second-order valence-electron chi connectivity index (χ2n) is 7.79. The number of ether oxygens (including phenoxy) is 1. The van der Waals surface area contributed by atoms with Gasteiger partial charge in [0.25, 0.3) is 10.0 Å². The van der Waals surface area contributed by atoms with Crippen LogP contribution in [0.2, 0.25) is 0 Å². The number of carboxylic acids is 1. The number of sulfonamides is 1. The van der Waals surface area contributed by atoms with Crippen molar-refractivity contribution in [2.24, 2.45) is 0 Å². The second-order valence-corrected chi connectivity index (χ2v) is 9.65. The first-order valence-electron chi connectivity index (χ1n) is 11.0. The van der Waals surface area contributed by atoms with Gasteiger partial charge < -0.3 is 14.4 Å². The van der Waals surface area contributed by atoms with Crippen molar-refractivity contribution in [2.75, 3.05) is 10.8 Å². The summed E-state index contributed by atoms with van der Waals surface area (Å²) < 4.78 is 36.0. The Morgan fingerprint density at radius 3 is 2.32 bits per heavy atom. The zero-order valence-corrected chi connectivity index (χ0v) is 19.6. The van der Waals surface area contributed by atoms with Gasteiger partial charge in [0.15, 0.2) is 0 Å². The van der Waals surface area contributed by atoms with E-state index in [4.69, 9.17) is 9.84 Å². The van der Waals surface area contributed by atoms with E-state index < -0.39 is 16.0 Å². The lowest BCUT2D eigenvalue weighted by Gasteiger charge is -2.22. The number of anilines is 1. The number of hydrogen-bond acceptors (Lipinski definition) is 4. The molecule has 7 nitrogen and oxygen atoms in total. The molecule has 0 aliphatic carbocycles. The van der Waals surface area contributed by atoms with Crippen LogP contribution < -0.4 is 9.04 Å². The summed E-state index contributed by atoms with van der Waals surface area (Å²) in [5.74, 6) is -0.322. The highest BCUT2D eigenvalue weighted by atomic mass is 32.2. The molecule has 34 heavy (non-hydrogen) atoms. The minimum absolute atomic E-state index is 0.0764. The van der Waals surface area contributed by atoms with Crippen molar-refractivity contribution in [3.05, 3.63) is 90.6 Å². The minimum atomic E-state index is -3.82. The highest BCUT2D eigenvalue weighted by Crippen LogP contribution is 2.35. The van der Waals surface area contributed by atoms with E-state index in [0.717, 1.165) is 11.1 Å². The van der Waals surface area contributed by atoms with Gasteiger partial charge in [-0.15, -0.1) is 0 Å². The van der Waals surface area contributed by atoms with E-state index in [2.05, 4.69) is 0 Å². The van der Waals surface area contributed by atoms with Gasteiger partial charge in [-0.2, -0.15) is 0 Å². The molecule has 0 radical (unpaired) electrons. The van der Waals surface area contributed by atoms with Crippen LogP contribution in [0.4, 0.5) is 5.69 Å². The van der Waals surface area contributed by atoms with Gasteiger partial charge in [-0.05, 0) is 42.8 Å². The molecule has 1 heterocycles. The molecule has 0 aliphatic heterocycles. The fourth-order valence-electron chi connectivity index (χ4n) is 3.88. The maximum atomic E-state index is 13.5. The van der Waals surface area contributed by atoms with E-state index in [0.29, 0.717) is 23.4 Å². The van der Waals surface area contributed by atoms with Crippen molar-refractivity contribution in [1.29, 1.82) is 0 Å². The molecule has 8 heteroatoms. The Morgan fingerprint density at radius 1 is 1.00 bits per heavy atom. The standard InChI is InChI=1S/C26H26N2O5S/c1-2-28(34(31,32)22-11-7-4-8-12-22)25-18-27(16-15-26(29)30)24-14-13-21(17-23(24)25)33-19-20-9-5-3-6-10-20/h3-14,17-18H,2,15-16,19H2,1H3,(H,29,30). The van der Waals surface area contributed by atoms with Crippen LogP contribution >= 0.6 is 0 Å². The number of aryl methyl sites for hydroxylation is 1. The summed E-state index contributed by atoms with van der Waals surface area (Å²) in [7, 11) is -3.82. The van der Waals surface area contributed by atoms with E-state index in [-0.39, 0.29) is 24.4 Å². The van der Waals surface area contributed by atoms with Gasteiger partial charge in [0.05, 0.1) is 22.5 Å². The molecule has 1 N–H and O–H groups in total. The summed E-state index contributed by atoms with van der Waals surface area (Å²) in [4.78, 5) is 11.4. The third kappa shape index (κ3) is 4.92. The number of fused-ring (bicyclic) bond motifs is 1. The topological polar surface area (TPSA) is 88.8 Å². The molecule has 0 saturated heterocycles. The molecule has 0 atom stereocenters.